The zero-order valence-corrected chi connectivity index (χ0v) is 18.4. The lowest BCUT2D eigenvalue weighted by Gasteiger charge is -2.11. The summed E-state index contributed by atoms with van der Waals surface area (Å²) in [5.41, 5.74) is 2.28. The van der Waals surface area contributed by atoms with Gasteiger partial charge in [-0.3, -0.25) is 0 Å². The van der Waals surface area contributed by atoms with Crippen LogP contribution < -0.4 is 19.8 Å². The first-order valence-electron chi connectivity index (χ1n) is 10.1. The van der Waals surface area contributed by atoms with Gasteiger partial charge in [-0.05, 0) is 48.0 Å². The highest BCUT2D eigenvalue weighted by Gasteiger charge is 2.14. The van der Waals surface area contributed by atoms with Crippen molar-refractivity contribution in [1.29, 1.82) is 0 Å². The summed E-state index contributed by atoms with van der Waals surface area (Å²) in [6.45, 7) is 0.290. The number of methoxy groups -OCH3 is 3. The van der Waals surface area contributed by atoms with Crippen LogP contribution >= 0.6 is 0 Å². The minimum absolute atomic E-state index is 0.290. The van der Waals surface area contributed by atoms with Crippen molar-refractivity contribution in [3.8, 4) is 28.4 Å². The molecule has 7 nitrogen and oxygen atoms in total. The molecular formula is C26H22O7. The molecule has 0 aliphatic rings. The Hall–Kier alpha value is -4.26. The molecule has 0 unspecified atom stereocenters. The Kier molecular flexibility index (Phi) is 6.31. The van der Waals surface area contributed by atoms with Gasteiger partial charge in [0.2, 0.25) is 0 Å². The van der Waals surface area contributed by atoms with E-state index in [2.05, 4.69) is 0 Å². The summed E-state index contributed by atoms with van der Waals surface area (Å²) in [7, 11) is 4.44. The van der Waals surface area contributed by atoms with E-state index in [-0.39, 0.29) is 0 Å². The first-order chi connectivity index (χ1) is 16.0. The molecule has 3 aromatic carbocycles. The highest BCUT2D eigenvalue weighted by Crippen LogP contribution is 2.33. The molecule has 1 aromatic heterocycles. The third-order valence-corrected chi connectivity index (χ3v) is 5.19. The highest BCUT2D eigenvalue weighted by atomic mass is 16.5. The van der Waals surface area contributed by atoms with Crippen LogP contribution in [-0.2, 0) is 11.3 Å². The third kappa shape index (κ3) is 4.67. The monoisotopic (exact) mass is 446 g/mol. The Morgan fingerprint density at radius 1 is 0.818 bits per heavy atom. The fraction of sp³-hybridized carbons (Fsp3) is 0.154. The quantitative estimate of drug-likeness (QED) is 0.297. The van der Waals surface area contributed by atoms with Gasteiger partial charge in [0, 0.05) is 23.1 Å². The van der Waals surface area contributed by atoms with Gasteiger partial charge in [0.05, 0.1) is 32.5 Å². The zero-order chi connectivity index (χ0) is 23.4. The Morgan fingerprint density at radius 2 is 1.58 bits per heavy atom. The van der Waals surface area contributed by atoms with Crippen molar-refractivity contribution in [3.63, 3.8) is 0 Å². The molecule has 0 spiro atoms. The first kappa shape index (κ1) is 22.0. The number of esters is 1. The minimum Gasteiger partial charge on any atom is -0.497 e. The molecule has 0 N–H and O–H groups in total. The van der Waals surface area contributed by atoms with Gasteiger partial charge in [0.1, 0.15) is 29.4 Å². The highest BCUT2D eigenvalue weighted by molar-refractivity contribution is 5.89. The Balaban J connectivity index is 1.57. The van der Waals surface area contributed by atoms with Gasteiger partial charge in [-0.1, -0.05) is 12.1 Å². The summed E-state index contributed by atoms with van der Waals surface area (Å²) in [4.78, 5) is 24.3. The number of fused-ring (bicyclic) bond motifs is 1. The SMILES string of the molecule is COC(=O)c1ccc(COc2ccc3cc(-c4ccc(OC)cc4OC)c(=O)oc3c2)cc1. The van der Waals surface area contributed by atoms with Gasteiger partial charge in [-0.25, -0.2) is 9.59 Å². The standard InChI is InChI=1S/C26H22O7/c1-29-19-10-11-21(24(13-19)30-2)22-12-18-8-9-20(14-23(18)33-26(22)28)32-15-16-4-6-17(7-5-16)25(27)31-3/h4-14H,15H2,1-3H3. The molecule has 0 aliphatic heterocycles. The molecular weight excluding hydrogens is 424 g/mol. The third-order valence-electron chi connectivity index (χ3n) is 5.19. The van der Waals surface area contributed by atoms with Crippen LogP contribution in [0.1, 0.15) is 15.9 Å². The number of carbonyl (C=O) groups excluding carboxylic acids is 1. The van der Waals surface area contributed by atoms with Gasteiger partial charge in [-0.2, -0.15) is 0 Å². The van der Waals surface area contributed by atoms with E-state index in [9.17, 15) is 9.59 Å². The van der Waals surface area contributed by atoms with Crippen LogP contribution in [0.2, 0.25) is 0 Å². The smallest absolute Gasteiger partial charge is 0.344 e. The molecule has 0 radical (unpaired) electrons. The predicted octanol–water partition coefficient (Wildman–Crippen LogP) is 4.84. The van der Waals surface area contributed by atoms with Crippen molar-refractivity contribution in [2.45, 2.75) is 6.61 Å². The van der Waals surface area contributed by atoms with Crippen LogP contribution in [0.3, 0.4) is 0 Å². The Morgan fingerprint density at radius 3 is 2.27 bits per heavy atom. The molecule has 0 fully saturated rings. The molecule has 0 amide bonds. The molecule has 33 heavy (non-hydrogen) atoms. The van der Waals surface area contributed by atoms with Gasteiger partial charge < -0.3 is 23.4 Å². The second kappa shape index (κ2) is 9.48. The molecule has 0 saturated carbocycles. The van der Waals surface area contributed by atoms with Crippen molar-refractivity contribution < 1.29 is 28.2 Å². The van der Waals surface area contributed by atoms with E-state index in [1.54, 1.807) is 67.8 Å². The van der Waals surface area contributed by atoms with Crippen LogP contribution in [0.5, 0.6) is 17.2 Å². The Labute approximate surface area is 190 Å². The number of carbonyl (C=O) groups is 1. The first-order valence-corrected chi connectivity index (χ1v) is 10.1. The van der Waals surface area contributed by atoms with E-state index in [4.69, 9.17) is 23.4 Å². The largest absolute Gasteiger partial charge is 0.497 e. The van der Waals surface area contributed by atoms with Crippen molar-refractivity contribution in [2.75, 3.05) is 21.3 Å². The molecule has 0 saturated heterocycles. The number of rotatable bonds is 7. The lowest BCUT2D eigenvalue weighted by atomic mass is 10.0. The average Bonchev–Trinajstić information content (AvgIpc) is 2.86. The number of ether oxygens (including phenoxy) is 4. The van der Waals surface area contributed by atoms with E-state index in [0.717, 1.165) is 10.9 Å². The van der Waals surface area contributed by atoms with Crippen LogP contribution in [0.4, 0.5) is 0 Å². The summed E-state index contributed by atoms with van der Waals surface area (Å²) in [5.74, 6) is 1.30. The number of hydrogen-bond donors (Lipinski definition) is 0. The summed E-state index contributed by atoms with van der Waals surface area (Å²) < 4.78 is 26.7. The summed E-state index contributed by atoms with van der Waals surface area (Å²) in [6, 6.07) is 19.3. The van der Waals surface area contributed by atoms with E-state index in [1.165, 1.54) is 14.2 Å². The lowest BCUT2D eigenvalue weighted by Crippen LogP contribution is -2.04. The molecule has 4 aromatic rings. The van der Waals surface area contributed by atoms with Crippen LogP contribution in [0.25, 0.3) is 22.1 Å². The maximum absolute atomic E-state index is 12.7. The molecule has 0 aliphatic carbocycles. The lowest BCUT2D eigenvalue weighted by molar-refractivity contribution is 0.0600. The minimum atomic E-state index is -0.485. The molecule has 1 heterocycles. The van der Waals surface area contributed by atoms with E-state index in [0.29, 0.717) is 46.1 Å². The normalized spacial score (nSPS) is 10.6. The summed E-state index contributed by atoms with van der Waals surface area (Å²) in [5, 5.41) is 0.747. The van der Waals surface area contributed by atoms with Crippen molar-refractivity contribution in [2.24, 2.45) is 0 Å². The summed E-state index contributed by atoms with van der Waals surface area (Å²) >= 11 is 0. The van der Waals surface area contributed by atoms with Crippen LogP contribution in [-0.4, -0.2) is 27.3 Å². The second-order valence-electron chi connectivity index (χ2n) is 7.19. The maximum atomic E-state index is 12.7. The van der Waals surface area contributed by atoms with E-state index in [1.807, 2.05) is 6.07 Å². The number of benzene rings is 3. The fourth-order valence-corrected chi connectivity index (χ4v) is 3.41. The topological polar surface area (TPSA) is 84.2 Å². The van der Waals surface area contributed by atoms with Gasteiger partial charge >= 0.3 is 11.6 Å². The fourth-order valence-electron chi connectivity index (χ4n) is 3.41. The molecule has 0 bridgehead atoms. The van der Waals surface area contributed by atoms with Crippen molar-refractivity contribution >= 4 is 16.9 Å². The summed E-state index contributed by atoms with van der Waals surface area (Å²) in [6.07, 6.45) is 0. The average molecular weight is 446 g/mol. The van der Waals surface area contributed by atoms with Gasteiger partial charge in [0.25, 0.3) is 0 Å². The van der Waals surface area contributed by atoms with E-state index >= 15 is 0 Å². The van der Waals surface area contributed by atoms with Crippen LogP contribution in [0, 0.1) is 0 Å². The molecule has 168 valence electrons. The van der Waals surface area contributed by atoms with Crippen LogP contribution in [0.15, 0.2) is 75.9 Å². The zero-order valence-electron chi connectivity index (χ0n) is 18.4. The van der Waals surface area contributed by atoms with Crippen molar-refractivity contribution in [3.05, 3.63) is 88.3 Å². The van der Waals surface area contributed by atoms with E-state index < -0.39 is 11.6 Å². The predicted molar refractivity (Wildman–Crippen MR) is 123 cm³/mol. The number of hydrogen-bond acceptors (Lipinski definition) is 7. The molecule has 4 rings (SSSR count). The Bertz CT molecular complexity index is 1350. The molecule has 7 heteroatoms. The molecule has 0 atom stereocenters. The van der Waals surface area contributed by atoms with Crippen molar-refractivity contribution in [1.82, 2.24) is 0 Å². The van der Waals surface area contributed by atoms with Gasteiger partial charge in [-0.15, -0.1) is 0 Å². The second-order valence-corrected chi connectivity index (χ2v) is 7.19. The van der Waals surface area contributed by atoms with Gasteiger partial charge in [0.15, 0.2) is 0 Å². The maximum Gasteiger partial charge on any atom is 0.344 e.